The van der Waals surface area contributed by atoms with Crippen molar-refractivity contribution < 1.29 is 18.6 Å². The molecule has 4 rings (SSSR count). The zero-order chi connectivity index (χ0) is 18.6. The normalized spacial score (nSPS) is 40.3. The Balaban J connectivity index is 1.64. The minimum atomic E-state index is -1.46. The first-order chi connectivity index (χ1) is 12.2. The Bertz CT molecular complexity index is 658. The second-order valence-electron chi connectivity index (χ2n) is 8.75. The molecule has 0 aromatic rings. The number of alkyl halides is 1. The highest BCUT2D eigenvalue weighted by Crippen LogP contribution is 2.44. The van der Waals surface area contributed by atoms with E-state index in [-0.39, 0.29) is 29.7 Å². The maximum absolute atomic E-state index is 14.5. The lowest BCUT2D eigenvalue weighted by Crippen LogP contribution is -2.54. The molecule has 144 valence electrons. The number of hydrogen-bond acceptors (Lipinski definition) is 5. The number of hydrogen-bond donors (Lipinski definition) is 2. The largest absolute Gasteiger partial charge is 0.374 e. The Labute approximate surface area is 152 Å². The van der Waals surface area contributed by atoms with Crippen LogP contribution in [0, 0.1) is 5.92 Å². The van der Waals surface area contributed by atoms with Gasteiger partial charge in [0, 0.05) is 5.54 Å². The smallest absolute Gasteiger partial charge is 0.147 e. The van der Waals surface area contributed by atoms with Gasteiger partial charge in [-0.25, -0.2) is 8.78 Å². The van der Waals surface area contributed by atoms with Gasteiger partial charge in [-0.05, 0) is 52.2 Å². The van der Waals surface area contributed by atoms with Crippen molar-refractivity contribution in [2.24, 2.45) is 11.0 Å². The number of aliphatic hydroxyl groups is 1. The van der Waals surface area contributed by atoms with E-state index < -0.39 is 24.3 Å². The van der Waals surface area contributed by atoms with Crippen molar-refractivity contribution in [2.75, 3.05) is 0 Å². The third-order valence-corrected chi connectivity index (χ3v) is 5.62. The van der Waals surface area contributed by atoms with Crippen molar-refractivity contribution in [3.63, 3.8) is 0 Å². The molecule has 2 bridgehead atoms. The summed E-state index contributed by atoms with van der Waals surface area (Å²) in [6.07, 6.45) is 4.24. The summed E-state index contributed by atoms with van der Waals surface area (Å²) in [5, 5.41) is 20.3. The zero-order valence-electron chi connectivity index (χ0n) is 15.4. The SMILES string of the molecule is CC(C)(C)NC(O)C1=NN(C2C=CC(F)=CC2F)C2CC3CCC(O3)C12. The maximum Gasteiger partial charge on any atom is 0.147 e. The van der Waals surface area contributed by atoms with Gasteiger partial charge in [-0.15, -0.1) is 0 Å². The zero-order valence-corrected chi connectivity index (χ0v) is 15.4. The van der Waals surface area contributed by atoms with Crippen LogP contribution in [0.25, 0.3) is 0 Å². The monoisotopic (exact) mass is 367 g/mol. The molecule has 0 aromatic carbocycles. The van der Waals surface area contributed by atoms with Gasteiger partial charge in [-0.2, -0.15) is 5.10 Å². The summed E-state index contributed by atoms with van der Waals surface area (Å²) in [6.45, 7) is 5.91. The van der Waals surface area contributed by atoms with E-state index in [1.807, 2.05) is 20.8 Å². The molecule has 0 aromatic heterocycles. The Morgan fingerprint density at radius 2 is 2.15 bits per heavy atom. The van der Waals surface area contributed by atoms with Gasteiger partial charge >= 0.3 is 0 Å². The summed E-state index contributed by atoms with van der Waals surface area (Å²) in [6, 6.07) is -0.686. The summed E-state index contributed by atoms with van der Waals surface area (Å²) in [7, 11) is 0. The number of nitrogens with one attached hydrogen (secondary N) is 1. The van der Waals surface area contributed by atoms with Gasteiger partial charge in [0.2, 0.25) is 0 Å². The molecular weight excluding hydrogens is 340 g/mol. The topological polar surface area (TPSA) is 57.1 Å². The number of ether oxygens (including phenoxy) is 1. The number of fused-ring (bicyclic) bond motifs is 4. The average Bonchev–Trinajstić information content (AvgIpc) is 3.09. The van der Waals surface area contributed by atoms with Crippen LogP contribution in [0.5, 0.6) is 0 Å². The molecule has 0 radical (unpaired) electrons. The molecule has 7 heteroatoms. The summed E-state index contributed by atoms with van der Waals surface area (Å²) in [4.78, 5) is 0. The van der Waals surface area contributed by atoms with Crippen LogP contribution in [0.1, 0.15) is 40.0 Å². The molecule has 2 N–H and O–H groups in total. The van der Waals surface area contributed by atoms with Gasteiger partial charge < -0.3 is 9.84 Å². The molecule has 0 saturated carbocycles. The molecule has 2 saturated heterocycles. The minimum absolute atomic E-state index is 0.00294. The van der Waals surface area contributed by atoms with Crippen LogP contribution in [0.4, 0.5) is 8.78 Å². The van der Waals surface area contributed by atoms with Gasteiger partial charge in [-0.3, -0.25) is 10.3 Å². The first-order valence-corrected chi connectivity index (χ1v) is 9.40. The van der Waals surface area contributed by atoms with Gasteiger partial charge in [-0.1, -0.05) is 6.08 Å². The van der Waals surface area contributed by atoms with E-state index in [0.717, 1.165) is 25.3 Å². The number of hydrazone groups is 1. The lowest BCUT2D eigenvalue weighted by Gasteiger charge is -2.40. The summed E-state index contributed by atoms with van der Waals surface area (Å²) < 4.78 is 34.0. The lowest BCUT2D eigenvalue weighted by atomic mass is 9.85. The first kappa shape index (κ1) is 18.1. The fraction of sp³-hybridized carbons (Fsp3) is 0.737. The third kappa shape index (κ3) is 3.21. The Kier molecular flexibility index (Phi) is 4.44. The van der Waals surface area contributed by atoms with E-state index in [9.17, 15) is 13.9 Å². The van der Waals surface area contributed by atoms with E-state index in [1.165, 1.54) is 12.2 Å². The van der Waals surface area contributed by atoms with Gasteiger partial charge in [0.15, 0.2) is 0 Å². The Morgan fingerprint density at radius 3 is 2.85 bits per heavy atom. The van der Waals surface area contributed by atoms with Crippen LogP contribution in [-0.4, -0.2) is 58.1 Å². The molecule has 26 heavy (non-hydrogen) atoms. The highest BCUT2D eigenvalue weighted by molar-refractivity contribution is 5.93. The quantitative estimate of drug-likeness (QED) is 0.753. The predicted octanol–water partition coefficient (Wildman–Crippen LogP) is 2.43. The van der Waals surface area contributed by atoms with Crippen LogP contribution >= 0.6 is 0 Å². The van der Waals surface area contributed by atoms with Crippen LogP contribution in [0.2, 0.25) is 0 Å². The van der Waals surface area contributed by atoms with E-state index in [1.54, 1.807) is 5.01 Å². The van der Waals surface area contributed by atoms with Crippen LogP contribution in [-0.2, 0) is 4.74 Å². The fourth-order valence-corrected chi connectivity index (χ4v) is 4.61. The molecule has 7 unspecified atom stereocenters. The predicted molar refractivity (Wildman–Crippen MR) is 95.0 cm³/mol. The van der Waals surface area contributed by atoms with Crippen molar-refractivity contribution in [1.29, 1.82) is 0 Å². The van der Waals surface area contributed by atoms with Crippen molar-refractivity contribution in [3.05, 3.63) is 24.1 Å². The first-order valence-electron chi connectivity index (χ1n) is 9.40. The number of allylic oxidation sites excluding steroid dienone is 2. The lowest BCUT2D eigenvalue weighted by molar-refractivity contribution is -0.0571. The second-order valence-corrected chi connectivity index (χ2v) is 8.75. The molecule has 0 amide bonds. The van der Waals surface area contributed by atoms with E-state index in [4.69, 9.17) is 4.74 Å². The summed E-state index contributed by atoms with van der Waals surface area (Å²) >= 11 is 0. The van der Waals surface area contributed by atoms with Crippen molar-refractivity contribution >= 4 is 5.71 Å². The fourth-order valence-electron chi connectivity index (χ4n) is 4.61. The summed E-state index contributed by atoms with van der Waals surface area (Å²) in [5.41, 5.74) is 0.309. The minimum Gasteiger partial charge on any atom is -0.374 e. The standard InChI is InChI=1S/C19H27F2N3O2/c1-19(2,3)22-18(25)17-16-14(9-11-5-7-15(16)26-11)24(23-17)13-6-4-10(20)8-12(13)21/h4,6,8,11-16,18,22,25H,5,7,9H2,1-3H3. The second kappa shape index (κ2) is 6.39. The summed E-state index contributed by atoms with van der Waals surface area (Å²) in [5.74, 6) is -0.634. The van der Waals surface area contributed by atoms with Crippen LogP contribution in [0.3, 0.4) is 0 Å². The van der Waals surface area contributed by atoms with Crippen LogP contribution < -0.4 is 5.32 Å². The van der Waals surface area contributed by atoms with E-state index in [2.05, 4.69) is 10.4 Å². The molecule has 7 atom stereocenters. The number of rotatable bonds is 3. The van der Waals surface area contributed by atoms with Crippen LogP contribution in [0.15, 0.2) is 29.2 Å². The Morgan fingerprint density at radius 1 is 1.38 bits per heavy atom. The molecule has 1 aliphatic carbocycles. The molecule has 3 aliphatic heterocycles. The van der Waals surface area contributed by atoms with Gasteiger partial charge in [0.1, 0.15) is 24.3 Å². The molecule has 5 nitrogen and oxygen atoms in total. The number of aliphatic hydroxyl groups excluding tert-OH is 1. The molecule has 4 aliphatic rings. The van der Waals surface area contributed by atoms with Crippen molar-refractivity contribution in [3.8, 4) is 0 Å². The van der Waals surface area contributed by atoms with E-state index >= 15 is 0 Å². The van der Waals surface area contributed by atoms with Gasteiger partial charge in [0.05, 0.1) is 29.9 Å². The maximum atomic E-state index is 14.5. The number of halogens is 2. The molecule has 0 spiro atoms. The van der Waals surface area contributed by atoms with Gasteiger partial charge in [0.25, 0.3) is 0 Å². The van der Waals surface area contributed by atoms with E-state index in [0.29, 0.717) is 5.71 Å². The highest BCUT2D eigenvalue weighted by Gasteiger charge is 2.54. The average molecular weight is 367 g/mol. The highest BCUT2D eigenvalue weighted by atomic mass is 19.1. The number of nitrogens with zero attached hydrogens (tertiary/aromatic N) is 2. The third-order valence-electron chi connectivity index (χ3n) is 5.62. The van der Waals surface area contributed by atoms with Crippen molar-refractivity contribution in [1.82, 2.24) is 10.3 Å². The molecule has 2 fully saturated rings. The molecular formula is C19H27F2N3O2. The molecule has 3 heterocycles. The Hall–Kier alpha value is -1.31. The van der Waals surface area contributed by atoms with Crippen molar-refractivity contribution in [2.45, 2.75) is 82.3 Å².